The van der Waals surface area contributed by atoms with Crippen LogP contribution in [0.25, 0.3) is 0 Å². The Morgan fingerprint density at radius 2 is 2.30 bits per heavy atom. The summed E-state index contributed by atoms with van der Waals surface area (Å²) >= 11 is 1.45. The van der Waals surface area contributed by atoms with E-state index in [9.17, 15) is 8.42 Å². The molecule has 2 heterocycles. The van der Waals surface area contributed by atoms with Crippen molar-refractivity contribution in [1.82, 2.24) is 9.62 Å². The molecule has 7 heteroatoms. The van der Waals surface area contributed by atoms with Gasteiger partial charge in [0.05, 0.1) is 4.90 Å². The van der Waals surface area contributed by atoms with Crippen molar-refractivity contribution in [3.63, 3.8) is 0 Å². The average molecular weight is 317 g/mol. The van der Waals surface area contributed by atoms with Gasteiger partial charge in [-0.05, 0) is 38.9 Å². The molecule has 0 radical (unpaired) electrons. The predicted molar refractivity (Wildman–Crippen MR) is 82.4 cm³/mol. The number of sulfonamides is 1. The van der Waals surface area contributed by atoms with E-state index in [4.69, 9.17) is 5.73 Å². The van der Waals surface area contributed by atoms with Gasteiger partial charge in [0.2, 0.25) is 10.0 Å². The molecular weight excluding hydrogens is 294 g/mol. The zero-order chi connectivity index (χ0) is 14.8. The van der Waals surface area contributed by atoms with Gasteiger partial charge in [-0.3, -0.25) is 0 Å². The molecule has 1 aromatic heterocycles. The minimum Gasteiger partial charge on any atom is -0.326 e. The van der Waals surface area contributed by atoms with Crippen LogP contribution in [0.2, 0.25) is 0 Å². The molecule has 1 aromatic rings. The molecule has 1 atom stereocenters. The monoisotopic (exact) mass is 317 g/mol. The number of nitrogens with one attached hydrogen (secondary N) is 1. The molecular formula is C13H23N3O2S2. The number of nitrogens with zero attached hydrogens (tertiary/aromatic N) is 1. The Morgan fingerprint density at radius 1 is 1.55 bits per heavy atom. The van der Waals surface area contributed by atoms with E-state index in [2.05, 4.69) is 16.5 Å². The Labute approximate surface area is 125 Å². The van der Waals surface area contributed by atoms with Gasteiger partial charge < -0.3 is 10.6 Å². The second kappa shape index (κ2) is 6.53. The van der Waals surface area contributed by atoms with Gasteiger partial charge in [0, 0.05) is 28.9 Å². The van der Waals surface area contributed by atoms with Crippen LogP contribution in [-0.2, 0) is 16.6 Å². The third-order valence-corrected chi connectivity index (χ3v) is 6.54. The largest absolute Gasteiger partial charge is 0.326 e. The Bertz CT molecular complexity index is 554. The first-order chi connectivity index (χ1) is 9.46. The molecule has 2 rings (SSSR count). The maximum atomic E-state index is 12.5. The third-order valence-electron chi connectivity index (χ3n) is 3.69. The minimum absolute atomic E-state index is 0.00864. The van der Waals surface area contributed by atoms with Crippen molar-refractivity contribution in [3.8, 4) is 0 Å². The SMILES string of the molecule is CCN1CCCC(NS(=O)(=O)c2cc(CN)sc2C)C1. The van der Waals surface area contributed by atoms with Crippen molar-refractivity contribution in [2.75, 3.05) is 19.6 Å². The van der Waals surface area contributed by atoms with Gasteiger partial charge in [0.25, 0.3) is 0 Å². The van der Waals surface area contributed by atoms with Crippen LogP contribution in [0.5, 0.6) is 0 Å². The number of hydrogen-bond donors (Lipinski definition) is 2. The highest BCUT2D eigenvalue weighted by molar-refractivity contribution is 7.89. The van der Waals surface area contributed by atoms with Gasteiger partial charge >= 0.3 is 0 Å². The number of piperidine rings is 1. The molecule has 1 aliphatic rings. The topological polar surface area (TPSA) is 75.4 Å². The van der Waals surface area contributed by atoms with Crippen molar-refractivity contribution in [2.45, 2.75) is 44.2 Å². The highest BCUT2D eigenvalue weighted by Gasteiger charge is 2.26. The van der Waals surface area contributed by atoms with Gasteiger partial charge in [-0.15, -0.1) is 11.3 Å². The number of hydrogen-bond acceptors (Lipinski definition) is 5. The van der Waals surface area contributed by atoms with Crippen molar-refractivity contribution in [3.05, 3.63) is 15.8 Å². The Hall–Kier alpha value is -0.470. The molecule has 114 valence electrons. The third kappa shape index (κ3) is 3.59. The van der Waals surface area contributed by atoms with Crippen LogP contribution in [0.1, 0.15) is 29.5 Å². The second-order valence-corrected chi connectivity index (χ2v) is 8.21. The number of likely N-dealkylation sites (tertiary alicyclic amines) is 1. The summed E-state index contributed by atoms with van der Waals surface area (Å²) in [4.78, 5) is 4.38. The molecule has 3 N–H and O–H groups in total. The highest BCUT2D eigenvalue weighted by atomic mass is 32.2. The van der Waals surface area contributed by atoms with Crippen LogP contribution in [0, 0.1) is 6.92 Å². The Kier molecular flexibility index (Phi) is 5.19. The normalized spacial score (nSPS) is 21.2. The van der Waals surface area contributed by atoms with Crippen LogP contribution in [0.4, 0.5) is 0 Å². The van der Waals surface area contributed by atoms with Crippen LogP contribution < -0.4 is 10.5 Å². The van der Waals surface area contributed by atoms with E-state index in [-0.39, 0.29) is 6.04 Å². The average Bonchev–Trinajstić information content (AvgIpc) is 2.80. The fraction of sp³-hybridized carbons (Fsp3) is 0.692. The van der Waals surface area contributed by atoms with E-state index in [0.717, 1.165) is 42.2 Å². The van der Waals surface area contributed by atoms with Gasteiger partial charge in [-0.2, -0.15) is 0 Å². The summed E-state index contributed by atoms with van der Waals surface area (Å²) in [5.41, 5.74) is 5.58. The van der Waals surface area contributed by atoms with Gasteiger partial charge in [-0.1, -0.05) is 6.92 Å². The highest BCUT2D eigenvalue weighted by Crippen LogP contribution is 2.26. The minimum atomic E-state index is -3.43. The van der Waals surface area contributed by atoms with Crippen molar-refractivity contribution in [1.29, 1.82) is 0 Å². The zero-order valence-corrected chi connectivity index (χ0v) is 13.7. The maximum absolute atomic E-state index is 12.5. The van der Waals surface area contributed by atoms with Crippen LogP contribution in [0.3, 0.4) is 0 Å². The summed E-state index contributed by atoms with van der Waals surface area (Å²) in [6.45, 7) is 7.14. The van der Waals surface area contributed by atoms with E-state index in [1.54, 1.807) is 6.07 Å². The molecule has 20 heavy (non-hydrogen) atoms. The van der Waals surface area contributed by atoms with Gasteiger partial charge in [0.1, 0.15) is 0 Å². The van der Waals surface area contributed by atoms with E-state index >= 15 is 0 Å². The zero-order valence-electron chi connectivity index (χ0n) is 12.1. The number of rotatable bonds is 5. The first-order valence-corrected chi connectivity index (χ1v) is 9.30. The van der Waals surface area contributed by atoms with E-state index in [0.29, 0.717) is 11.4 Å². The first-order valence-electron chi connectivity index (χ1n) is 7.00. The van der Waals surface area contributed by atoms with Gasteiger partial charge in [-0.25, -0.2) is 13.1 Å². The number of nitrogens with two attached hydrogens (primary N) is 1. The number of thiophene rings is 1. The lowest BCUT2D eigenvalue weighted by Crippen LogP contribution is -2.47. The summed E-state index contributed by atoms with van der Waals surface area (Å²) in [6, 6.07) is 1.71. The predicted octanol–water partition coefficient (Wildman–Crippen LogP) is 1.28. The van der Waals surface area contributed by atoms with Crippen LogP contribution in [-0.4, -0.2) is 39.0 Å². The van der Waals surface area contributed by atoms with Crippen molar-refractivity contribution < 1.29 is 8.42 Å². The van der Waals surface area contributed by atoms with Crippen LogP contribution in [0.15, 0.2) is 11.0 Å². The summed E-state index contributed by atoms with van der Waals surface area (Å²) in [5.74, 6) is 0. The molecule has 1 fully saturated rings. The summed E-state index contributed by atoms with van der Waals surface area (Å²) in [6.07, 6.45) is 1.94. The quantitative estimate of drug-likeness (QED) is 0.858. The molecule has 0 amide bonds. The molecule has 1 unspecified atom stereocenters. The van der Waals surface area contributed by atoms with E-state index in [1.807, 2.05) is 6.92 Å². The molecule has 0 bridgehead atoms. The summed E-state index contributed by atoms with van der Waals surface area (Å²) in [5, 5.41) is 0. The van der Waals surface area contributed by atoms with Crippen LogP contribution >= 0.6 is 11.3 Å². The number of likely N-dealkylation sites (N-methyl/N-ethyl adjacent to an activating group) is 1. The lowest BCUT2D eigenvalue weighted by atomic mass is 10.1. The Morgan fingerprint density at radius 3 is 2.90 bits per heavy atom. The fourth-order valence-electron chi connectivity index (χ4n) is 2.61. The van der Waals surface area contributed by atoms with Crippen molar-refractivity contribution >= 4 is 21.4 Å². The summed E-state index contributed by atoms with van der Waals surface area (Å²) < 4.78 is 27.8. The molecule has 1 saturated heterocycles. The van der Waals surface area contributed by atoms with E-state index in [1.165, 1.54) is 11.3 Å². The molecule has 1 aliphatic heterocycles. The molecule has 0 spiro atoms. The second-order valence-electron chi connectivity index (χ2n) is 5.19. The maximum Gasteiger partial charge on any atom is 0.241 e. The number of aryl methyl sites for hydroxylation is 1. The van der Waals surface area contributed by atoms with Gasteiger partial charge in [0.15, 0.2) is 0 Å². The standard InChI is InChI=1S/C13H23N3O2S2/c1-3-16-6-4-5-11(9-16)15-20(17,18)13-7-12(8-14)19-10(13)2/h7,11,15H,3-6,8-9,14H2,1-2H3. The first kappa shape index (κ1) is 15.9. The molecule has 5 nitrogen and oxygen atoms in total. The Balaban J connectivity index is 2.12. The lowest BCUT2D eigenvalue weighted by molar-refractivity contribution is 0.211. The molecule has 0 saturated carbocycles. The molecule has 0 aliphatic carbocycles. The fourth-order valence-corrected chi connectivity index (χ4v) is 5.39. The molecule has 0 aromatic carbocycles. The smallest absolute Gasteiger partial charge is 0.241 e. The van der Waals surface area contributed by atoms with E-state index < -0.39 is 10.0 Å². The summed E-state index contributed by atoms with van der Waals surface area (Å²) in [7, 11) is -3.43. The van der Waals surface area contributed by atoms with Crippen molar-refractivity contribution in [2.24, 2.45) is 5.73 Å². The lowest BCUT2D eigenvalue weighted by Gasteiger charge is -2.32.